The number of nitrogens with zero attached hydrogens (tertiary/aromatic N) is 1. The van der Waals surface area contributed by atoms with Gasteiger partial charge in [-0.15, -0.1) is 0 Å². The van der Waals surface area contributed by atoms with Gasteiger partial charge in [-0.25, -0.2) is 0 Å². The Kier molecular flexibility index (Phi) is 8.02. The van der Waals surface area contributed by atoms with E-state index in [0.29, 0.717) is 36.8 Å². The summed E-state index contributed by atoms with van der Waals surface area (Å²) in [6.07, 6.45) is 3.56. The van der Waals surface area contributed by atoms with Gasteiger partial charge in [-0.2, -0.15) is 0 Å². The largest absolute Gasteiger partial charge is 0.493 e. The van der Waals surface area contributed by atoms with Gasteiger partial charge in [0.05, 0.1) is 31.0 Å². The summed E-state index contributed by atoms with van der Waals surface area (Å²) in [4.78, 5) is 15.3. The third-order valence-corrected chi connectivity index (χ3v) is 7.14. The molecule has 2 heterocycles. The number of carbonyl (C=O) groups is 1. The SMILES string of the molecule is CCO[C@H]1C[C@H](c2ccccc2C)OC2(CCN(C(=O)c3ccc(OC(C)C)c(OC)c3)CC2)C1. The van der Waals surface area contributed by atoms with Crippen molar-refractivity contribution in [3.63, 3.8) is 0 Å². The van der Waals surface area contributed by atoms with E-state index in [0.717, 1.165) is 25.7 Å². The number of aryl methyl sites for hydroxylation is 1. The van der Waals surface area contributed by atoms with E-state index in [9.17, 15) is 4.79 Å². The first-order valence-electron chi connectivity index (χ1n) is 12.8. The van der Waals surface area contributed by atoms with Crippen molar-refractivity contribution < 1.29 is 23.7 Å². The van der Waals surface area contributed by atoms with Gasteiger partial charge in [0.1, 0.15) is 0 Å². The summed E-state index contributed by atoms with van der Waals surface area (Å²) in [5.74, 6) is 1.24. The first kappa shape index (κ1) is 25.5. The number of hydrogen-bond acceptors (Lipinski definition) is 5. The number of piperidine rings is 1. The lowest BCUT2D eigenvalue weighted by molar-refractivity contribution is -0.190. The van der Waals surface area contributed by atoms with Crippen molar-refractivity contribution in [2.45, 2.75) is 77.3 Å². The first-order valence-corrected chi connectivity index (χ1v) is 12.8. The maximum atomic E-state index is 13.3. The molecule has 190 valence electrons. The third kappa shape index (κ3) is 5.81. The molecule has 1 amide bonds. The van der Waals surface area contributed by atoms with Crippen LogP contribution < -0.4 is 9.47 Å². The highest BCUT2D eigenvalue weighted by Crippen LogP contribution is 2.44. The van der Waals surface area contributed by atoms with Crippen LogP contribution in [0, 0.1) is 6.92 Å². The van der Waals surface area contributed by atoms with E-state index in [1.807, 2.05) is 30.9 Å². The van der Waals surface area contributed by atoms with Crippen molar-refractivity contribution >= 4 is 5.91 Å². The zero-order chi connectivity index (χ0) is 25.0. The predicted octanol–water partition coefficient (Wildman–Crippen LogP) is 5.72. The van der Waals surface area contributed by atoms with Gasteiger partial charge in [0, 0.05) is 38.1 Å². The molecular weight excluding hydrogens is 442 g/mol. The second-order valence-corrected chi connectivity index (χ2v) is 9.99. The molecule has 0 N–H and O–H groups in total. The zero-order valence-corrected chi connectivity index (χ0v) is 21.7. The van der Waals surface area contributed by atoms with Crippen LogP contribution in [0.5, 0.6) is 11.5 Å². The molecule has 0 aliphatic carbocycles. The molecule has 6 nitrogen and oxygen atoms in total. The molecule has 2 aliphatic rings. The summed E-state index contributed by atoms with van der Waals surface area (Å²) < 4.78 is 24.2. The molecule has 2 saturated heterocycles. The average Bonchev–Trinajstić information content (AvgIpc) is 2.84. The Morgan fingerprint density at radius 2 is 1.89 bits per heavy atom. The Morgan fingerprint density at radius 1 is 1.14 bits per heavy atom. The maximum Gasteiger partial charge on any atom is 0.253 e. The van der Waals surface area contributed by atoms with E-state index in [4.69, 9.17) is 18.9 Å². The monoisotopic (exact) mass is 481 g/mol. The van der Waals surface area contributed by atoms with Gasteiger partial charge >= 0.3 is 0 Å². The van der Waals surface area contributed by atoms with E-state index in [-0.39, 0.29) is 29.8 Å². The van der Waals surface area contributed by atoms with Crippen molar-refractivity contribution in [3.8, 4) is 11.5 Å². The maximum absolute atomic E-state index is 13.3. The number of hydrogen-bond donors (Lipinski definition) is 0. The number of rotatable bonds is 7. The zero-order valence-electron chi connectivity index (χ0n) is 21.7. The van der Waals surface area contributed by atoms with Gasteiger partial charge in [-0.05, 0) is 69.9 Å². The van der Waals surface area contributed by atoms with E-state index in [1.54, 1.807) is 13.2 Å². The fourth-order valence-corrected chi connectivity index (χ4v) is 5.41. The van der Waals surface area contributed by atoms with Crippen LogP contribution in [-0.2, 0) is 9.47 Å². The molecule has 4 rings (SSSR count). The summed E-state index contributed by atoms with van der Waals surface area (Å²) in [5, 5.41) is 0. The van der Waals surface area contributed by atoms with Crippen molar-refractivity contribution in [1.29, 1.82) is 0 Å². The molecule has 0 saturated carbocycles. The van der Waals surface area contributed by atoms with E-state index >= 15 is 0 Å². The highest BCUT2D eigenvalue weighted by atomic mass is 16.5. The summed E-state index contributed by atoms with van der Waals surface area (Å²) in [5.41, 5.74) is 2.83. The summed E-state index contributed by atoms with van der Waals surface area (Å²) in [7, 11) is 1.60. The van der Waals surface area contributed by atoms with Crippen molar-refractivity contribution in [2.75, 3.05) is 26.8 Å². The standard InChI is InChI=1S/C29H39NO5/c1-6-33-23-18-26(24-10-8-7-9-21(24)4)35-29(19-23)13-15-30(16-14-29)28(31)22-11-12-25(34-20(2)3)27(17-22)32-5/h7-12,17,20,23,26H,6,13-16,18-19H2,1-5H3/t23-,26+/m0/s1. The minimum Gasteiger partial charge on any atom is -0.493 e. The van der Waals surface area contributed by atoms with Crippen LogP contribution in [0.3, 0.4) is 0 Å². The van der Waals surface area contributed by atoms with E-state index < -0.39 is 0 Å². The Balaban J connectivity index is 1.47. The Morgan fingerprint density at radius 3 is 2.54 bits per heavy atom. The molecule has 2 atom stereocenters. The molecule has 35 heavy (non-hydrogen) atoms. The van der Waals surface area contributed by atoms with Gasteiger partial charge in [0.25, 0.3) is 5.91 Å². The lowest BCUT2D eigenvalue weighted by Gasteiger charge is -2.49. The Hall–Kier alpha value is -2.57. The number of ether oxygens (including phenoxy) is 4. The first-order chi connectivity index (χ1) is 16.8. The lowest BCUT2D eigenvalue weighted by Crippen LogP contribution is -2.52. The Labute approximate surface area is 209 Å². The minimum atomic E-state index is -0.269. The summed E-state index contributed by atoms with van der Waals surface area (Å²) in [6, 6.07) is 13.9. The quantitative estimate of drug-likeness (QED) is 0.506. The van der Waals surface area contributed by atoms with Gasteiger partial charge in [0.2, 0.25) is 0 Å². The fraction of sp³-hybridized carbons (Fsp3) is 0.552. The summed E-state index contributed by atoms with van der Waals surface area (Å²) >= 11 is 0. The van der Waals surface area contributed by atoms with E-state index in [2.05, 4.69) is 38.1 Å². The van der Waals surface area contributed by atoms with Crippen molar-refractivity contribution in [1.82, 2.24) is 4.90 Å². The average molecular weight is 482 g/mol. The second-order valence-electron chi connectivity index (χ2n) is 9.99. The van der Waals surface area contributed by atoms with Crippen LogP contribution in [0.25, 0.3) is 0 Å². The number of carbonyl (C=O) groups excluding carboxylic acids is 1. The molecule has 2 fully saturated rings. The van der Waals surface area contributed by atoms with Crippen molar-refractivity contribution in [3.05, 3.63) is 59.2 Å². The van der Waals surface area contributed by atoms with Crippen LogP contribution in [-0.4, -0.2) is 55.4 Å². The van der Waals surface area contributed by atoms with E-state index in [1.165, 1.54) is 11.1 Å². The van der Waals surface area contributed by atoms with Gasteiger partial charge in [-0.3, -0.25) is 4.79 Å². The molecule has 1 spiro atoms. The highest BCUT2D eigenvalue weighted by Gasteiger charge is 2.45. The number of amides is 1. The smallest absolute Gasteiger partial charge is 0.253 e. The van der Waals surface area contributed by atoms with Crippen molar-refractivity contribution in [2.24, 2.45) is 0 Å². The molecule has 2 aromatic rings. The molecule has 0 radical (unpaired) electrons. The van der Waals surface area contributed by atoms with Crippen LogP contribution >= 0.6 is 0 Å². The van der Waals surface area contributed by atoms with Gasteiger partial charge in [0.15, 0.2) is 11.5 Å². The fourth-order valence-electron chi connectivity index (χ4n) is 5.41. The second kappa shape index (κ2) is 11.0. The van der Waals surface area contributed by atoms with Gasteiger partial charge in [-0.1, -0.05) is 24.3 Å². The van der Waals surface area contributed by atoms with Crippen LogP contribution in [0.1, 0.15) is 74.0 Å². The number of benzene rings is 2. The summed E-state index contributed by atoms with van der Waals surface area (Å²) in [6.45, 7) is 10.1. The topological polar surface area (TPSA) is 57.2 Å². The normalized spacial score (nSPS) is 21.8. The molecule has 2 aromatic carbocycles. The molecule has 0 aromatic heterocycles. The molecule has 2 aliphatic heterocycles. The van der Waals surface area contributed by atoms with Gasteiger partial charge < -0.3 is 23.8 Å². The van der Waals surface area contributed by atoms with Crippen LogP contribution in [0.2, 0.25) is 0 Å². The number of methoxy groups -OCH3 is 1. The predicted molar refractivity (Wildman–Crippen MR) is 136 cm³/mol. The van der Waals surface area contributed by atoms with Crippen LogP contribution in [0.15, 0.2) is 42.5 Å². The van der Waals surface area contributed by atoms with Crippen LogP contribution in [0.4, 0.5) is 0 Å². The third-order valence-electron chi connectivity index (χ3n) is 7.14. The highest BCUT2D eigenvalue weighted by molar-refractivity contribution is 5.95. The molecule has 0 bridgehead atoms. The molecular formula is C29H39NO5. The lowest BCUT2D eigenvalue weighted by atomic mass is 9.80. The minimum absolute atomic E-state index is 0.0153. The number of likely N-dealkylation sites (tertiary alicyclic amines) is 1. The molecule has 6 heteroatoms. The Bertz CT molecular complexity index is 1010. The molecule has 0 unspecified atom stereocenters.